The van der Waals surface area contributed by atoms with Crippen LogP contribution in [0.4, 0.5) is 8.78 Å². The first-order valence-electron chi connectivity index (χ1n) is 9.53. The molecule has 6 heteroatoms. The first-order valence-corrected chi connectivity index (χ1v) is 9.53. The van der Waals surface area contributed by atoms with Crippen molar-refractivity contribution in [3.05, 3.63) is 54.1 Å². The summed E-state index contributed by atoms with van der Waals surface area (Å²) in [5.74, 6) is 0.123. The monoisotopic (exact) mass is 393 g/mol. The summed E-state index contributed by atoms with van der Waals surface area (Å²) in [6.07, 6.45) is 0. The fourth-order valence-electron chi connectivity index (χ4n) is 4.11. The number of hydrogen-bond donors (Lipinski definition) is 1. The summed E-state index contributed by atoms with van der Waals surface area (Å²) in [5, 5.41) is 3.35. The van der Waals surface area contributed by atoms with Crippen molar-refractivity contribution in [3.8, 4) is 5.75 Å². The second-order valence-corrected chi connectivity index (χ2v) is 7.71. The normalized spacial score (nSPS) is 12.2. The largest absolute Gasteiger partial charge is 0.488 e. The Bertz CT molecular complexity index is 1400. The molecule has 0 aliphatic heterocycles. The number of benzene rings is 3. The maximum Gasteiger partial charge on any atom is 0.167 e. The predicted molar refractivity (Wildman–Crippen MR) is 114 cm³/mol. The molecule has 148 valence electrons. The molecule has 0 fully saturated rings. The number of halogens is 2. The average molecular weight is 393 g/mol. The van der Waals surface area contributed by atoms with Gasteiger partial charge in [0.15, 0.2) is 5.75 Å². The Morgan fingerprint density at radius 1 is 0.931 bits per heavy atom. The van der Waals surface area contributed by atoms with Gasteiger partial charge in [0.25, 0.3) is 0 Å². The number of ether oxygens (including phenoxy) is 1. The maximum absolute atomic E-state index is 14.0. The Labute approximate surface area is 166 Å². The van der Waals surface area contributed by atoms with E-state index in [0.717, 1.165) is 50.2 Å². The van der Waals surface area contributed by atoms with E-state index in [1.54, 1.807) is 18.2 Å². The van der Waals surface area contributed by atoms with Crippen LogP contribution in [0.3, 0.4) is 0 Å². The van der Waals surface area contributed by atoms with E-state index < -0.39 is 0 Å². The van der Waals surface area contributed by atoms with Gasteiger partial charge in [-0.25, -0.2) is 8.78 Å². The number of aromatic amines is 1. The third-order valence-electron chi connectivity index (χ3n) is 5.52. The molecule has 0 saturated carbocycles. The van der Waals surface area contributed by atoms with E-state index >= 15 is 0 Å². The molecule has 5 aromatic rings. The lowest BCUT2D eigenvalue weighted by Crippen LogP contribution is -2.19. The van der Waals surface area contributed by atoms with Gasteiger partial charge in [0.05, 0.1) is 11.0 Å². The SMILES string of the molecule is CN(C)CCOc1c2[nH]c3ccc(F)cc3c2cc2c3cc(F)ccc3n(C)c12. The van der Waals surface area contributed by atoms with Gasteiger partial charge in [0.1, 0.15) is 18.2 Å². The van der Waals surface area contributed by atoms with Crippen molar-refractivity contribution in [2.45, 2.75) is 0 Å². The highest BCUT2D eigenvalue weighted by atomic mass is 19.1. The van der Waals surface area contributed by atoms with E-state index in [9.17, 15) is 8.78 Å². The molecular formula is C23H21F2N3O. The highest BCUT2D eigenvalue weighted by Crippen LogP contribution is 2.42. The van der Waals surface area contributed by atoms with Gasteiger partial charge in [0, 0.05) is 46.2 Å². The molecule has 0 atom stereocenters. The zero-order valence-corrected chi connectivity index (χ0v) is 16.5. The van der Waals surface area contributed by atoms with Crippen LogP contribution in [0.15, 0.2) is 42.5 Å². The van der Waals surface area contributed by atoms with E-state index in [2.05, 4.69) is 9.88 Å². The molecule has 5 rings (SSSR count). The minimum Gasteiger partial charge on any atom is -0.488 e. The molecule has 3 aromatic carbocycles. The van der Waals surface area contributed by atoms with Gasteiger partial charge in [-0.1, -0.05) is 0 Å². The minimum absolute atomic E-state index is 0.287. The molecule has 0 bridgehead atoms. The topological polar surface area (TPSA) is 33.2 Å². The number of aryl methyl sites for hydroxylation is 1. The molecule has 0 unspecified atom stereocenters. The summed E-state index contributed by atoms with van der Waals surface area (Å²) in [6.45, 7) is 1.26. The molecule has 29 heavy (non-hydrogen) atoms. The second-order valence-electron chi connectivity index (χ2n) is 7.71. The Kier molecular flexibility index (Phi) is 3.99. The molecule has 0 saturated heterocycles. The summed E-state index contributed by atoms with van der Waals surface area (Å²) in [4.78, 5) is 5.44. The number of H-pyrrole nitrogens is 1. The van der Waals surface area contributed by atoms with Crippen molar-refractivity contribution in [2.75, 3.05) is 27.2 Å². The van der Waals surface area contributed by atoms with Crippen LogP contribution in [-0.2, 0) is 7.05 Å². The van der Waals surface area contributed by atoms with Crippen molar-refractivity contribution in [2.24, 2.45) is 7.05 Å². The number of fused-ring (bicyclic) bond motifs is 6. The first kappa shape index (κ1) is 17.9. The zero-order chi connectivity index (χ0) is 20.3. The zero-order valence-electron chi connectivity index (χ0n) is 16.5. The van der Waals surface area contributed by atoms with Gasteiger partial charge in [-0.05, 0) is 56.6 Å². The number of nitrogens with zero attached hydrogens (tertiary/aromatic N) is 2. The van der Waals surface area contributed by atoms with E-state index in [-0.39, 0.29) is 11.6 Å². The van der Waals surface area contributed by atoms with Crippen LogP contribution in [0.2, 0.25) is 0 Å². The van der Waals surface area contributed by atoms with Crippen LogP contribution in [0.25, 0.3) is 43.6 Å². The fraction of sp³-hybridized carbons (Fsp3) is 0.217. The maximum atomic E-state index is 14.0. The van der Waals surface area contributed by atoms with Crippen molar-refractivity contribution < 1.29 is 13.5 Å². The van der Waals surface area contributed by atoms with Gasteiger partial charge in [-0.3, -0.25) is 0 Å². The Morgan fingerprint density at radius 2 is 1.66 bits per heavy atom. The van der Waals surface area contributed by atoms with Crippen LogP contribution < -0.4 is 4.74 Å². The van der Waals surface area contributed by atoms with Crippen molar-refractivity contribution in [3.63, 3.8) is 0 Å². The number of likely N-dealkylation sites (N-methyl/N-ethyl adjacent to an activating group) is 1. The minimum atomic E-state index is -0.294. The lowest BCUT2D eigenvalue weighted by molar-refractivity contribution is 0.265. The van der Waals surface area contributed by atoms with Crippen molar-refractivity contribution in [1.29, 1.82) is 0 Å². The summed E-state index contributed by atoms with van der Waals surface area (Å²) in [5.41, 5.74) is 3.47. The number of nitrogens with one attached hydrogen (secondary N) is 1. The molecule has 2 heterocycles. The van der Waals surface area contributed by atoms with Gasteiger partial charge in [-0.2, -0.15) is 0 Å². The third kappa shape index (κ3) is 2.75. The number of aromatic nitrogens is 2. The predicted octanol–water partition coefficient (Wildman–Crippen LogP) is 5.18. The molecule has 0 aliphatic rings. The molecular weight excluding hydrogens is 372 g/mol. The molecule has 1 N–H and O–H groups in total. The fourth-order valence-corrected chi connectivity index (χ4v) is 4.11. The number of rotatable bonds is 4. The van der Waals surface area contributed by atoms with E-state index in [4.69, 9.17) is 4.74 Å². The van der Waals surface area contributed by atoms with E-state index in [1.807, 2.05) is 31.8 Å². The lowest BCUT2D eigenvalue weighted by atomic mass is 10.1. The van der Waals surface area contributed by atoms with Crippen molar-refractivity contribution in [1.82, 2.24) is 14.5 Å². The molecule has 2 aromatic heterocycles. The average Bonchev–Trinajstić information content (AvgIpc) is 3.17. The third-order valence-corrected chi connectivity index (χ3v) is 5.52. The summed E-state index contributed by atoms with van der Waals surface area (Å²) in [7, 11) is 5.94. The standard InChI is InChI=1S/C23H21F2N3O/c1-27(2)8-9-29-23-21-17(15-10-13(24)4-6-19(15)26-21)12-18-16-11-14(25)5-7-20(16)28(3)22(18)23/h4-7,10-12,26H,8-9H2,1-3H3. The number of hydrogen-bond acceptors (Lipinski definition) is 2. The second kappa shape index (κ2) is 6.46. The molecule has 0 amide bonds. The first-order chi connectivity index (χ1) is 13.9. The van der Waals surface area contributed by atoms with Crippen LogP contribution in [0, 0.1) is 11.6 Å². The van der Waals surface area contributed by atoms with E-state index in [1.165, 1.54) is 18.2 Å². The van der Waals surface area contributed by atoms with E-state index in [0.29, 0.717) is 12.4 Å². The Hall–Kier alpha value is -3.12. The van der Waals surface area contributed by atoms with Gasteiger partial charge >= 0.3 is 0 Å². The Balaban J connectivity index is 1.90. The van der Waals surface area contributed by atoms with Crippen molar-refractivity contribution >= 4 is 43.6 Å². The van der Waals surface area contributed by atoms with Crippen LogP contribution in [0.5, 0.6) is 5.75 Å². The molecule has 0 radical (unpaired) electrons. The Morgan fingerprint density at radius 3 is 2.41 bits per heavy atom. The molecule has 4 nitrogen and oxygen atoms in total. The summed E-state index contributed by atoms with van der Waals surface area (Å²) in [6, 6.07) is 11.5. The van der Waals surface area contributed by atoms with Gasteiger partial charge in [-0.15, -0.1) is 0 Å². The lowest BCUT2D eigenvalue weighted by Gasteiger charge is -2.14. The van der Waals surface area contributed by atoms with Crippen LogP contribution in [0.1, 0.15) is 0 Å². The highest BCUT2D eigenvalue weighted by Gasteiger charge is 2.20. The van der Waals surface area contributed by atoms with Gasteiger partial charge in [0.2, 0.25) is 0 Å². The summed E-state index contributed by atoms with van der Waals surface area (Å²) >= 11 is 0. The smallest absolute Gasteiger partial charge is 0.167 e. The van der Waals surface area contributed by atoms with Crippen LogP contribution in [-0.4, -0.2) is 41.7 Å². The molecule has 0 spiro atoms. The van der Waals surface area contributed by atoms with Gasteiger partial charge < -0.3 is 19.2 Å². The van der Waals surface area contributed by atoms with Crippen LogP contribution >= 0.6 is 0 Å². The highest BCUT2D eigenvalue weighted by molar-refractivity contribution is 6.21. The quantitative estimate of drug-likeness (QED) is 0.456. The molecule has 0 aliphatic carbocycles. The summed E-state index contributed by atoms with van der Waals surface area (Å²) < 4.78 is 36.3.